The van der Waals surface area contributed by atoms with Crippen LogP contribution in [0.25, 0.3) is 10.9 Å². The molecule has 0 saturated heterocycles. The third-order valence-corrected chi connectivity index (χ3v) is 4.74. The van der Waals surface area contributed by atoms with E-state index in [0.717, 1.165) is 27.8 Å². The Kier molecular flexibility index (Phi) is 5.96. The second-order valence-electron chi connectivity index (χ2n) is 6.83. The molecule has 0 bridgehead atoms. The van der Waals surface area contributed by atoms with E-state index in [1.807, 2.05) is 66.7 Å². The number of carbonyl (C=O) groups excluding carboxylic acids is 1. The molecule has 2 heterocycles. The molecule has 6 nitrogen and oxygen atoms in total. The summed E-state index contributed by atoms with van der Waals surface area (Å²) in [5, 5.41) is 5.64. The SMILES string of the molecule is CN(OCc1ccc2ccccc2n1)C(=O)c1ccccc1NCc1ccncc1. The van der Waals surface area contributed by atoms with Crippen LogP contribution in [-0.2, 0) is 18.0 Å². The molecule has 0 fully saturated rings. The van der Waals surface area contributed by atoms with Crippen molar-refractivity contribution < 1.29 is 9.63 Å². The first-order valence-corrected chi connectivity index (χ1v) is 9.68. The van der Waals surface area contributed by atoms with Crippen molar-refractivity contribution in [2.24, 2.45) is 0 Å². The summed E-state index contributed by atoms with van der Waals surface area (Å²) < 4.78 is 0. The van der Waals surface area contributed by atoms with Gasteiger partial charge < -0.3 is 5.32 Å². The summed E-state index contributed by atoms with van der Waals surface area (Å²) in [6.07, 6.45) is 3.49. The zero-order valence-corrected chi connectivity index (χ0v) is 16.7. The Morgan fingerprint density at radius 3 is 2.60 bits per heavy atom. The number of fused-ring (bicyclic) bond motifs is 1. The molecule has 30 heavy (non-hydrogen) atoms. The number of nitrogens with zero attached hydrogens (tertiary/aromatic N) is 3. The Bertz CT molecular complexity index is 1150. The highest BCUT2D eigenvalue weighted by atomic mass is 16.7. The van der Waals surface area contributed by atoms with Crippen molar-refractivity contribution in [3.8, 4) is 0 Å². The van der Waals surface area contributed by atoms with Crippen LogP contribution in [0.5, 0.6) is 0 Å². The molecule has 4 rings (SSSR count). The number of anilines is 1. The Hall–Kier alpha value is -3.77. The highest BCUT2D eigenvalue weighted by Gasteiger charge is 2.16. The summed E-state index contributed by atoms with van der Waals surface area (Å²) in [7, 11) is 1.61. The number of nitrogens with one attached hydrogen (secondary N) is 1. The predicted molar refractivity (Wildman–Crippen MR) is 117 cm³/mol. The van der Waals surface area contributed by atoms with Crippen LogP contribution in [0.1, 0.15) is 21.6 Å². The first-order valence-electron chi connectivity index (χ1n) is 9.68. The molecular formula is C24H22N4O2. The van der Waals surface area contributed by atoms with Gasteiger partial charge in [0.05, 0.1) is 16.8 Å². The summed E-state index contributed by atoms with van der Waals surface area (Å²) in [6.45, 7) is 0.804. The lowest BCUT2D eigenvalue weighted by Gasteiger charge is -2.19. The van der Waals surface area contributed by atoms with E-state index in [4.69, 9.17) is 4.84 Å². The third-order valence-electron chi connectivity index (χ3n) is 4.74. The fourth-order valence-electron chi connectivity index (χ4n) is 3.10. The Morgan fingerprint density at radius 1 is 0.967 bits per heavy atom. The van der Waals surface area contributed by atoms with Crippen LogP contribution in [0.15, 0.2) is 85.2 Å². The molecule has 0 unspecified atom stereocenters. The molecule has 0 saturated carbocycles. The number of hydroxylamine groups is 2. The normalized spacial score (nSPS) is 10.7. The van der Waals surface area contributed by atoms with Crippen molar-refractivity contribution in [2.45, 2.75) is 13.2 Å². The molecule has 0 aliphatic rings. The average Bonchev–Trinajstić information content (AvgIpc) is 2.81. The van der Waals surface area contributed by atoms with E-state index < -0.39 is 0 Å². The fraction of sp³-hybridized carbons (Fsp3) is 0.125. The topological polar surface area (TPSA) is 67.3 Å². The molecule has 0 radical (unpaired) electrons. The molecule has 0 atom stereocenters. The second-order valence-corrected chi connectivity index (χ2v) is 6.83. The molecule has 1 amide bonds. The van der Waals surface area contributed by atoms with Gasteiger partial charge in [-0.05, 0) is 42.0 Å². The van der Waals surface area contributed by atoms with Gasteiger partial charge in [0.15, 0.2) is 0 Å². The highest BCUT2D eigenvalue weighted by Crippen LogP contribution is 2.19. The van der Waals surface area contributed by atoms with Crippen LogP contribution in [0.4, 0.5) is 5.69 Å². The summed E-state index contributed by atoms with van der Waals surface area (Å²) >= 11 is 0. The number of hydrogen-bond acceptors (Lipinski definition) is 5. The quantitative estimate of drug-likeness (QED) is 0.466. The van der Waals surface area contributed by atoms with E-state index in [0.29, 0.717) is 12.1 Å². The van der Waals surface area contributed by atoms with E-state index in [1.54, 1.807) is 25.5 Å². The molecular weight excluding hydrogens is 376 g/mol. The molecule has 2 aromatic carbocycles. The van der Waals surface area contributed by atoms with Gasteiger partial charge in [-0.25, -0.2) is 5.06 Å². The standard InChI is InChI=1S/C24H22N4O2/c1-28(30-17-20-11-10-19-6-2-4-8-22(19)27-20)24(29)21-7-3-5-9-23(21)26-16-18-12-14-25-15-13-18/h2-15,26H,16-17H2,1H3. The monoisotopic (exact) mass is 398 g/mol. The number of rotatable bonds is 7. The van der Waals surface area contributed by atoms with Crippen molar-refractivity contribution in [1.29, 1.82) is 0 Å². The van der Waals surface area contributed by atoms with E-state index in [1.165, 1.54) is 5.06 Å². The lowest BCUT2D eigenvalue weighted by molar-refractivity contribution is -0.117. The van der Waals surface area contributed by atoms with Crippen LogP contribution in [0.2, 0.25) is 0 Å². The van der Waals surface area contributed by atoms with E-state index >= 15 is 0 Å². The van der Waals surface area contributed by atoms with Crippen molar-refractivity contribution in [1.82, 2.24) is 15.0 Å². The lowest BCUT2D eigenvalue weighted by Crippen LogP contribution is -2.27. The minimum atomic E-state index is -0.228. The smallest absolute Gasteiger partial charge is 0.279 e. The average molecular weight is 398 g/mol. The summed E-state index contributed by atoms with van der Waals surface area (Å²) in [4.78, 5) is 27.2. The van der Waals surface area contributed by atoms with E-state index in [-0.39, 0.29) is 12.5 Å². The number of pyridine rings is 2. The Morgan fingerprint density at radius 2 is 1.73 bits per heavy atom. The maximum atomic E-state index is 12.9. The first-order chi connectivity index (χ1) is 14.7. The number of hydrogen-bond donors (Lipinski definition) is 1. The number of amides is 1. The van der Waals surface area contributed by atoms with Gasteiger partial charge in [-0.15, -0.1) is 0 Å². The van der Waals surface area contributed by atoms with Gasteiger partial charge in [0.1, 0.15) is 6.61 Å². The van der Waals surface area contributed by atoms with Gasteiger partial charge in [0, 0.05) is 37.1 Å². The number of aromatic nitrogens is 2. The fourth-order valence-corrected chi connectivity index (χ4v) is 3.10. The van der Waals surface area contributed by atoms with Crippen molar-refractivity contribution in [3.63, 3.8) is 0 Å². The zero-order chi connectivity index (χ0) is 20.8. The summed E-state index contributed by atoms with van der Waals surface area (Å²) in [5.41, 5.74) is 4.04. The molecule has 4 aromatic rings. The van der Waals surface area contributed by atoms with Gasteiger partial charge in [-0.1, -0.05) is 36.4 Å². The van der Waals surface area contributed by atoms with E-state index in [2.05, 4.69) is 15.3 Å². The van der Waals surface area contributed by atoms with Crippen molar-refractivity contribution in [2.75, 3.05) is 12.4 Å². The molecule has 2 aromatic heterocycles. The molecule has 0 aliphatic heterocycles. The van der Waals surface area contributed by atoms with Crippen LogP contribution in [0.3, 0.4) is 0 Å². The summed E-state index contributed by atoms with van der Waals surface area (Å²) in [5.74, 6) is -0.228. The zero-order valence-electron chi connectivity index (χ0n) is 16.7. The van der Waals surface area contributed by atoms with Crippen LogP contribution >= 0.6 is 0 Å². The van der Waals surface area contributed by atoms with Gasteiger partial charge in [0.2, 0.25) is 0 Å². The maximum absolute atomic E-state index is 12.9. The van der Waals surface area contributed by atoms with Crippen LogP contribution in [-0.4, -0.2) is 28.0 Å². The minimum Gasteiger partial charge on any atom is -0.380 e. The van der Waals surface area contributed by atoms with E-state index in [9.17, 15) is 4.79 Å². The highest BCUT2D eigenvalue weighted by molar-refractivity contribution is 5.98. The first kappa shape index (κ1) is 19.5. The minimum absolute atomic E-state index is 0.208. The molecule has 6 heteroatoms. The van der Waals surface area contributed by atoms with Crippen LogP contribution < -0.4 is 5.32 Å². The summed E-state index contributed by atoms with van der Waals surface area (Å²) in [6, 6.07) is 23.1. The largest absolute Gasteiger partial charge is 0.380 e. The lowest BCUT2D eigenvalue weighted by atomic mass is 10.1. The van der Waals surface area contributed by atoms with Gasteiger partial charge >= 0.3 is 0 Å². The number of para-hydroxylation sites is 2. The molecule has 0 spiro atoms. The molecule has 150 valence electrons. The van der Waals surface area contributed by atoms with Crippen molar-refractivity contribution in [3.05, 3.63) is 102 Å². The van der Waals surface area contributed by atoms with Crippen LogP contribution in [0, 0.1) is 0 Å². The van der Waals surface area contributed by atoms with Crippen molar-refractivity contribution >= 4 is 22.5 Å². The second kappa shape index (κ2) is 9.15. The van der Waals surface area contributed by atoms with Gasteiger partial charge in [0.25, 0.3) is 5.91 Å². The predicted octanol–water partition coefficient (Wildman–Crippen LogP) is 4.45. The third kappa shape index (κ3) is 4.61. The Labute approximate surface area is 175 Å². The maximum Gasteiger partial charge on any atom is 0.279 e. The molecule has 0 aliphatic carbocycles. The van der Waals surface area contributed by atoms with Gasteiger partial charge in [-0.3, -0.25) is 19.6 Å². The van der Waals surface area contributed by atoms with Gasteiger partial charge in [-0.2, -0.15) is 0 Å². The molecule has 1 N–H and O–H groups in total. The number of benzene rings is 2. The number of carbonyl (C=O) groups is 1. The Balaban J connectivity index is 1.41.